The summed E-state index contributed by atoms with van der Waals surface area (Å²) < 4.78 is 6.02. The van der Waals surface area contributed by atoms with Gasteiger partial charge >= 0.3 is 0 Å². The van der Waals surface area contributed by atoms with Crippen LogP contribution in [0.15, 0.2) is 83.3 Å². The minimum absolute atomic E-state index is 0.120. The van der Waals surface area contributed by atoms with Gasteiger partial charge in [-0.1, -0.05) is 64.5 Å². The molecule has 6 heteroatoms. The molecule has 0 aliphatic heterocycles. The molecule has 2 N–H and O–H groups in total. The average molecular weight is 453 g/mol. The van der Waals surface area contributed by atoms with Crippen LogP contribution in [0.3, 0.4) is 0 Å². The monoisotopic (exact) mass is 452 g/mol. The van der Waals surface area contributed by atoms with E-state index in [1.165, 1.54) is 0 Å². The molecule has 3 aromatic carbocycles. The lowest BCUT2D eigenvalue weighted by Crippen LogP contribution is -2.39. The minimum atomic E-state index is -0.336. The van der Waals surface area contributed by atoms with E-state index < -0.39 is 0 Å². The Kier molecular flexibility index (Phi) is 7.03. The fourth-order valence-corrected chi connectivity index (χ4v) is 3.30. The quantitative estimate of drug-likeness (QED) is 0.567. The van der Waals surface area contributed by atoms with E-state index in [9.17, 15) is 9.59 Å². The maximum Gasteiger partial charge on any atom is 0.251 e. The number of nitrogens with one attached hydrogen (secondary N) is 2. The summed E-state index contributed by atoms with van der Waals surface area (Å²) in [5.41, 5.74) is 2.36. The largest absolute Gasteiger partial charge is 0.497 e. The molecular weight excluding hydrogens is 432 g/mol. The first-order chi connectivity index (χ1) is 14.1. The molecule has 2 amide bonds. The number of hydrogen-bond donors (Lipinski definition) is 2. The van der Waals surface area contributed by atoms with Crippen molar-refractivity contribution >= 4 is 27.7 Å². The highest BCUT2D eigenvalue weighted by molar-refractivity contribution is 9.10. The summed E-state index contributed by atoms with van der Waals surface area (Å²) >= 11 is 3.34. The van der Waals surface area contributed by atoms with Gasteiger partial charge in [-0.05, 0) is 41.5 Å². The van der Waals surface area contributed by atoms with E-state index >= 15 is 0 Å². The van der Waals surface area contributed by atoms with Crippen molar-refractivity contribution in [1.29, 1.82) is 0 Å². The van der Waals surface area contributed by atoms with Gasteiger partial charge in [-0.3, -0.25) is 9.59 Å². The number of halogens is 1. The van der Waals surface area contributed by atoms with Crippen LogP contribution in [-0.2, 0) is 4.79 Å². The van der Waals surface area contributed by atoms with Gasteiger partial charge in [-0.15, -0.1) is 0 Å². The fraction of sp³-hybridized carbons (Fsp3) is 0.130. The number of amides is 2. The summed E-state index contributed by atoms with van der Waals surface area (Å²) in [5, 5.41) is 5.66. The molecule has 0 heterocycles. The molecule has 3 aromatic rings. The predicted molar refractivity (Wildman–Crippen MR) is 116 cm³/mol. The second kappa shape index (κ2) is 9.89. The van der Waals surface area contributed by atoms with E-state index in [1.807, 2.05) is 60.7 Å². The summed E-state index contributed by atoms with van der Waals surface area (Å²) in [4.78, 5) is 24.8. The van der Waals surface area contributed by atoms with Crippen LogP contribution >= 0.6 is 15.9 Å². The van der Waals surface area contributed by atoms with Crippen molar-refractivity contribution in [2.45, 2.75) is 6.04 Å². The molecule has 3 rings (SSSR count). The van der Waals surface area contributed by atoms with Crippen LogP contribution in [-0.4, -0.2) is 25.5 Å². The van der Waals surface area contributed by atoms with E-state index in [4.69, 9.17) is 4.74 Å². The molecule has 0 fully saturated rings. The lowest BCUT2D eigenvalue weighted by Gasteiger charge is -2.20. The van der Waals surface area contributed by atoms with E-state index in [1.54, 1.807) is 25.3 Å². The summed E-state index contributed by atoms with van der Waals surface area (Å²) in [6.45, 7) is -0.120. The Labute approximate surface area is 178 Å². The topological polar surface area (TPSA) is 67.4 Å². The SMILES string of the molecule is COc1ccc([C@H](NC(=O)CNC(=O)c2cccc(Br)c2)c2ccccc2)cc1. The maximum absolute atomic E-state index is 12.6. The zero-order chi connectivity index (χ0) is 20.6. The van der Waals surface area contributed by atoms with Crippen molar-refractivity contribution in [1.82, 2.24) is 10.6 Å². The van der Waals surface area contributed by atoms with Gasteiger partial charge in [0.15, 0.2) is 0 Å². The highest BCUT2D eigenvalue weighted by atomic mass is 79.9. The van der Waals surface area contributed by atoms with Crippen molar-refractivity contribution in [2.75, 3.05) is 13.7 Å². The highest BCUT2D eigenvalue weighted by Crippen LogP contribution is 2.24. The molecule has 0 unspecified atom stereocenters. The van der Waals surface area contributed by atoms with E-state index in [2.05, 4.69) is 26.6 Å². The van der Waals surface area contributed by atoms with Gasteiger partial charge in [0.05, 0.1) is 19.7 Å². The Bertz CT molecular complexity index is 975. The number of methoxy groups -OCH3 is 1. The Morgan fingerprint density at radius 1 is 0.931 bits per heavy atom. The molecule has 5 nitrogen and oxygen atoms in total. The Morgan fingerprint density at radius 2 is 1.62 bits per heavy atom. The smallest absolute Gasteiger partial charge is 0.251 e. The molecule has 0 aliphatic carbocycles. The van der Waals surface area contributed by atoms with Crippen LogP contribution in [0.2, 0.25) is 0 Å². The molecule has 0 bridgehead atoms. The first-order valence-electron chi connectivity index (χ1n) is 9.09. The van der Waals surface area contributed by atoms with Crippen LogP contribution < -0.4 is 15.4 Å². The lowest BCUT2D eigenvalue weighted by atomic mass is 9.98. The van der Waals surface area contributed by atoms with Crippen molar-refractivity contribution in [3.05, 3.63) is 100 Å². The van der Waals surface area contributed by atoms with Crippen LogP contribution in [0.4, 0.5) is 0 Å². The summed E-state index contributed by atoms with van der Waals surface area (Å²) in [6.07, 6.45) is 0. The predicted octanol–water partition coefficient (Wildman–Crippen LogP) is 4.09. The number of carbonyl (C=O) groups is 2. The van der Waals surface area contributed by atoms with Gasteiger partial charge in [0.25, 0.3) is 5.91 Å². The van der Waals surface area contributed by atoms with Gasteiger partial charge < -0.3 is 15.4 Å². The number of carbonyl (C=O) groups excluding carboxylic acids is 2. The first-order valence-corrected chi connectivity index (χ1v) is 9.88. The van der Waals surface area contributed by atoms with Crippen LogP contribution in [0, 0.1) is 0 Å². The molecule has 0 saturated carbocycles. The summed E-state index contributed by atoms with van der Waals surface area (Å²) in [5.74, 6) is 0.161. The van der Waals surface area contributed by atoms with Crippen molar-refractivity contribution in [3.63, 3.8) is 0 Å². The third-order valence-electron chi connectivity index (χ3n) is 4.38. The second-order valence-corrected chi connectivity index (χ2v) is 7.29. The van der Waals surface area contributed by atoms with E-state index in [0.29, 0.717) is 5.56 Å². The third-order valence-corrected chi connectivity index (χ3v) is 4.88. The first kappa shape index (κ1) is 20.6. The standard InChI is InChI=1S/C23H21BrN2O3/c1-29-20-12-10-17(11-13-20)22(16-6-3-2-4-7-16)26-21(27)15-25-23(28)18-8-5-9-19(24)14-18/h2-14,22H,15H2,1H3,(H,25,28)(H,26,27)/t22-/m1/s1. The zero-order valence-corrected chi connectivity index (χ0v) is 17.5. The fourth-order valence-electron chi connectivity index (χ4n) is 2.91. The van der Waals surface area contributed by atoms with Gasteiger partial charge in [-0.25, -0.2) is 0 Å². The maximum atomic E-state index is 12.6. The van der Waals surface area contributed by atoms with Crippen molar-refractivity contribution in [2.24, 2.45) is 0 Å². The second-order valence-electron chi connectivity index (χ2n) is 6.38. The van der Waals surface area contributed by atoms with Gasteiger partial charge in [0, 0.05) is 10.0 Å². The Balaban J connectivity index is 1.70. The molecule has 0 radical (unpaired) electrons. The molecule has 0 saturated heterocycles. The molecule has 1 atom stereocenters. The molecule has 0 spiro atoms. The Hall–Kier alpha value is -3.12. The van der Waals surface area contributed by atoms with E-state index in [-0.39, 0.29) is 24.4 Å². The number of hydrogen-bond acceptors (Lipinski definition) is 3. The van der Waals surface area contributed by atoms with Crippen molar-refractivity contribution < 1.29 is 14.3 Å². The van der Waals surface area contributed by atoms with Gasteiger partial charge in [-0.2, -0.15) is 0 Å². The minimum Gasteiger partial charge on any atom is -0.497 e. The number of ether oxygens (including phenoxy) is 1. The average Bonchev–Trinajstić information content (AvgIpc) is 2.76. The zero-order valence-electron chi connectivity index (χ0n) is 15.9. The third kappa shape index (κ3) is 5.68. The molecule has 0 aromatic heterocycles. The lowest BCUT2D eigenvalue weighted by molar-refractivity contribution is -0.120. The van der Waals surface area contributed by atoms with Crippen molar-refractivity contribution in [3.8, 4) is 5.75 Å². The molecule has 0 aliphatic rings. The van der Waals surface area contributed by atoms with E-state index in [0.717, 1.165) is 21.3 Å². The molecule has 29 heavy (non-hydrogen) atoms. The molecule has 148 valence electrons. The van der Waals surface area contributed by atoms with Gasteiger partial charge in [0.2, 0.25) is 5.91 Å². The summed E-state index contributed by atoms with van der Waals surface area (Å²) in [7, 11) is 1.61. The van der Waals surface area contributed by atoms with Crippen LogP contribution in [0.5, 0.6) is 5.75 Å². The number of benzene rings is 3. The normalized spacial score (nSPS) is 11.4. The van der Waals surface area contributed by atoms with Crippen LogP contribution in [0.1, 0.15) is 27.5 Å². The summed E-state index contributed by atoms with van der Waals surface area (Å²) in [6, 6.07) is 23.9. The van der Waals surface area contributed by atoms with Gasteiger partial charge in [0.1, 0.15) is 5.75 Å². The Morgan fingerprint density at radius 3 is 2.28 bits per heavy atom. The van der Waals surface area contributed by atoms with Crippen LogP contribution in [0.25, 0.3) is 0 Å². The number of rotatable bonds is 7. The molecular formula is C23H21BrN2O3. The highest BCUT2D eigenvalue weighted by Gasteiger charge is 2.17.